The van der Waals surface area contributed by atoms with E-state index in [2.05, 4.69) is 20.3 Å². The number of aliphatic hydroxyl groups is 1. The molecule has 1 unspecified atom stereocenters. The van der Waals surface area contributed by atoms with E-state index in [1.165, 1.54) is 24.5 Å². The Kier molecular flexibility index (Phi) is 4.90. The van der Waals surface area contributed by atoms with Crippen molar-refractivity contribution in [3.05, 3.63) is 29.5 Å². The fourth-order valence-electron chi connectivity index (χ4n) is 4.90. The minimum absolute atomic E-state index is 0.182. The van der Waals surface area contributed by atoms with Crippen LogP contribution in [-0.2, 0) is 4.79 Å². The van der Waals surface area contributed by atoms with Gasteiger partial charge in [0.25, 0.3) is 11.8 Å². The maximum Gasteiger partial charge on any atom is 0.260 e. The molecule has 1 saturated heterocycles. The van der Waals surface area contributed by atoms with Crippen LogP contribution >= 0.6 is 11.3 Å². The van der Waals surface area contributed by atoms with Gasteiger partial charge in [0, 0.05) is 36.9 Å². The van der Waals surface area contributed by atoms with Crippen molar-refractivity contribution in [2.45, 2.75) is 31.9 Å². The number of aromatic nitrogens is 3. The summed E-state index contributed by atoms with van der Waals surface area (Å²) in [7, 11) is 0. The molecule has 1 aliphatic heterocycles. The fourth-order valence-corrected chi connectivity index (χ4v) is 5.69. The van der Waals surface area contributed by atoms with Gasteiger partial charge in [-0.15, -0.1) is 11.3 Å². The number of pyridine rings is 1. The third-order valence-corrected chi connectivity index (χ3v) is 7.38. The largest absolute Gasteiger partial charge is 0.384 e. The average Bonchev–Trinajstić information content (AvgIpc) is 3.49. The van der Waals surface area contributed by atoms with Gasteiger partial charge in [-0.3, -0.25) is 9.59 Å². The van der Waals surface area contributed by atoms with Crippen LogP contribution < -0.4 is 11.1 Å². The maximum absolute atomic E-state index is 12.1. The number of likely N-dealkylation sites (tertiary alicyclic amines) is 1. The second-order valence-electron chi connectivity index (χ2n) is 8.43. The van der Waals surface area contributed by atoms with Crippen LogP contribution in [0.15, 0.2) is 24.7 Å². The molecule has 31 heavy (non-hydrogen) atoms. The molecule has 2 amide bonds. The third kappa shape index (κ3) is 3.55. The van der Waals surface area contributed by atoms with Gasteiger partial charge in [-0.1, -0.05) is 0 Å². The summed E-state index contributed by atoms with van der Waals surface area (Å²) in [5, 5.41) is 15.0. The molecule has 3 aromatic rings. The van der Waals surface area contributed by atoms with E-state index in [1.54, 1.807) is 11.1 Å². The Morgan fingerprint density at radius 1 is 1.29 bits per heavy atom. The van der Waals surface area contributed by atoms with E-state index in [4.69, 9.17) is 5.73 Å². The number of nitrogens with two attached hydrogens (primary N) is 1. The number of fused-ring (bicyclic) bond motifs is 2. The van der Waals surface area contributed by atoms with E-state index in [-0.39, 0.29) is 11.9 Å². The minimum atomic E-state index is -0.947. The predicted molar refractivity (Wildman–Crippen MR) is 118 cm³/mol. The number of primary amides is 1. The van der Waals surface area contributed by atoms with Crippen LogP contribution in [0.1, 0.15) is 29.4 Å². The van der Waals surface area contributed by atoms with E-state index in [9.17, 15) is 14.7 Å². The molecule has 2 fully saturated rings. The lowest BCUT2D eigenvalue weighted by molar-refractivity contribution is -0.138. The van der Waals surface area contributed by atoms with E-state index in [1.807, 2.05) is 12.3 Å². The van der Waals surface area contributed by atoms with Crippen molar-refractivity contribution in [3.8, 4) is 10.6 Å². The lowest BCUT2D eigenvalue weighted by atomic mass is 10.0. The highest BCUT2D eigenvalue weighted by atomic mass is 32.1. The third-order valence-electron chi connectivity index (χ3n) is 6.33. The number of thiazole rings is 1. The number of hydrogen-bond donors (Lipinski definition) is 4. The maximum atomic E-state index is 12.1. The first-order chi connectivity index (χ1) is 14.9. The number of rotatable bonds is 5. The zero-order valence-corrected chi connectivity index (χ0v) is 17.9. The Labute approximate surface area is 182 Å². The number of H-pyrrole nitrogens is 1. The van der Waals surface area contributed by atoms with Gasteiger partial charge < -0.3 is 26.0 Å². The summed E-state index contributed by atoms with van der Waals surface area (Å²) in [5.74, 6) is 0.175. The number of carbonyl (C=O) groups is 2. The molecule has 4 atom stereocenters. The molecular weight excluding hydrogens is 416 g/mol. The molecule has 10 heteroatoms. The summed E-state index contributed by atoms with van der Waals surface area (Å²) < 4.78 is 0. The Morgan fingerprint density at radius 2 is 2.03 bits per heavy atom. The first-order valence-corrected chi connectivity index (χ1v) is 11.2. The summed E-state index contributed by atoms with van der Waals surface area (Å²) in [5.41, 5.74) is 7.97. The standard InChI is InChI=1S/C21H24N6O3S/c1-10(28)21(30)27-8-11-4-13(5-12(11)9-27)26-17-14-2-3-23-19(14)24-6-15(17)20-25-7-16(31-20)18(22)29/h2-3,6-7,10-13,28H,4-5,8-9H2,1H3,(H2,22,29)(H2,23,24,26)/t10-,11-,12+,13?/m0/s1. The first-order valence-electron chi connectivity index (χ1n) is 10.4. The molecule has 3 aromatic heterocycles. The molecule has 9 nitrogen and oxygen atoms in total. The zero-order valence-electron chi connectivity index (χ0n) is 17.0. The summed E-state index contributed by atoms with van der Waals surface area (Å²) >= 11 is 1.26. The van der Waals surface area contributed by atoms with Gasteiger partial charge in [-0.25, -0.2) is 9.97 Å². The topological polar surface area (TPSA) is 137 Å². The Hall–Kier alpha value is -2.98. The summed E-state index contributed by atoms with van der Waals surface area (Å²) in [4.78, 5) is 37.9. The van der Waals surface area contributed by atoms with Crippen molar-refractivity contribution in [2.24, 2.45) is 17.6 Å². The van der Waals surface area contributed by atoms with Gasteiger partial charge in [0.1, 0.15) is 21.6 Å². The first kappa shape index (κ1) is 20.0. The molecule has 162 valence electrons. The van der Waals surface area contributed by atoms with Crippen LogP contribution in [0, 0.1) is 11.8 Å². The van der Waals surface area contributed by atoms with Gasteiger partial charge in [-0.2, -0.15) is 0 Å². The molecule has 1 aliphatic carbocycles. The van der Waals surface area contributed by atoms with Crippen molar-refractivity contribution in [2.75, 3.05) is 18.4 Å². The molecule has 1 saturated carbocycles. The van der Waals surface area contributed by atoms with Crippen molar-refractivity contribution >= 4 is 39.9 Å². The quantitative estimate of drug-likeness (QED) is 0.478. The average molecular weight is 441 g/mol. The number of nitrogens with one attached hydrogen (secondary N) is 2. The number of carbonyl (C=O) groups excluding carboxylic acids is 2. The van der Waals surface area contributed by atoms with Crippen molar-refractivity contribution in [3.63, 3.8) is 0 Å². The fraction of sp³-hybridized carbons (Fsp3) is 0.429. The van der Waals surface area contributed by atoms with Gasteiger partial charge in [0.2, 0.25) is 0 Å². The number of amides is 2. The summed E-state index contributed by atoms with van der Waals surface area (Å²) in [6.07, 6.45) is 6.08. The van der Waals surface area contributed by atoms with Gasteiger partial charge in [0.05, 0.1) is 17.4 Å². The van der Waals surface area contributed by atoms with Crippen LogP contribution in [0.3, 0.4) is 0 Å². The highest BCUT2D eigenvalue weighted by molar-refractivity contribution is 7.17. The normalized spacial score (nSPS) is 23.8. The Morgan fingerprint density at radius 3 is 2.68 bits per heavy atom. The van der Waals surface area contributed by atoms with Crippen molar-refractivity contribution in [1.29, 1.82) is 0 Å². The summed E-state index contributed by atoms with van der Waals surface area (Å²) in [6, 6.07) is 2.24. The molecule has 0 bridgehead atoms. The molecule has 2 aliphatic rings. The molecule has 5 N–H and O–H groups in total. The lowest BCUT2D eigenvalue weighted by Gasteiger charge is -2.22. The second-order valence-corrected chi connectivity index (χ2v) is 9.46. The number of anilines is 1. The SMILES string of the molecule is C[C@H](O)C(=O)N1C[C@H]2CC(Nc3c(-c4ncc(C(N)=O)s4)cnc4[nH]ccc34)C[C@H]2C1. The molecule has 4 heterocycles. The lowest BCUT2D eigenvalue weighted by Crippen LogP contribution is -2.37. The molecule has 5 rings (SSSR count). The predicted octanol–water partition coefficient (Wildman–Crippen LogP) is 1.81. The van der Waals surface area contributed by atoms with Crippen LogP contribution in [-0.4, -0.2) is 62.0 Å². The molecule has 0 radical (unpaired) electrons. The van der Waals surface area contributed by atoms with Crippen LogP contribution in [0.2, 0.25) is 0 Å². The Balaban J connectivity index is 1.39. The van der Waals surface area contributed by atoms with Crippen molar-refractivity contribution < 1.29 is 14.7 Å². The van der Waals surface area contributed by atoms with E-state index in [0.29, 0.717) is 34.8 Å². The van der Waals surface area contributed by atoms with Gasteiger partial charge >= 0.3 is 0 Å². The molecular formula is C21H24N6O3S. The molecule has 0 spiro atoms. The molecule has 0 aromatic carbocycles. The number of aliphatic hydroxyl groups excluding tert-OH is 1. The minimum Gasteiger partial charge on any atom is -0.384 e. The monoisotopic (exact) mass is 440 g/mol. The van der Waals surface area contributed by atoms with Crippen molar-refractivity contribution in [1.82, 2.24) is 19.9 Å². The van der Waals surface area contributed by atoms with Crippen LogP contribution in [0.4, 0.5) is 5.69 Å². The number of nitrogens with zero attached hydrogens (tertiary/aromatic N) is 3. The van der Waals surface area contributed by atoms with E-state index < -0.39 is 12.0 Å². The van der Waals surface area contributed by atoms with Crippen LogP contribution in [0.25, 0.3) is 21.6 Å². The number of hydrogen-bond acceptors (Lipinski definition) is 7. The van der Waals surface area contributed by atoms with Gasteiger partial charge in [0.15, 0.2) is 0 Å². The second kappa shape index (κ2) is 7.61. The van der Waals surface area contributed by atoms with E-state index >= 15 is 0 Å². The van der Waals surface area contributed by atoms with E-state index in [0.717, 1.165) is 35.1 Å². The number of aromatic amines is 1. The smallest absolute Gasteiger partial charge is 0.260 e. The highest BCUT2D eigenvalue weighted by Crippen LogP contribution is 2.42. The van der Waals surface area contributed by atoms with Gasteiger partial charge in [-0.05, 0) is 37.7 Å². The zero-order chi connectivity index (χ0) is 21.7. The highest BCUT2D eigenvalue weighted by Gasteiger charge is 2.43. The Bertz CT molecular complexity index is 1140. The summed E-state index contributed by atoms with van der Waals surface area (Å²) in [6.45, 7) is 2.92. The van der Waals surface area contributed by atoms with Crippen LogP contribution in [0.5, 0.6) is 0 Å².